The lowest BCUT2D eigenvalue weighted by Gasteiger charge is -2.33. The summed E-state index contributed by atoms with van der Waals surface area (Å²) in [5, 5.41) is 3.29. The van der Waals surface area contributed by atoms with Gasteiger partial charge in [-0.3, -0.25) is 4.79 Å². The molecule has 2 aromatic carbocycles. The summed E-state index contributed by atoms with van der Waals surface area (Å²) in [7, 11) is -3.68. The molecule has 1 atom stereocenters. The van der Waals surface area contributed by atoms with Crippen LogP contribution in [0.15, 0.2) is 52.3 Å². The van der Waals surface area contributed by atoms with Crippen LogP contribution in [0, 0.1) is 0 Å². The summed E-state index contributed by atoms with van der Waals surface area (Å²) in [4.78, 5) is 16.5. The highest BCUT2D eigenvalue weighted by Crippen LogP contribution is 2.36. The van der Waals surface area contributed by atoms with Crippen LogP contribution in [-0.4, -0.2) is 62.0 Å². The number of halogens is 1. The summed E-state index contributed by atoms with van der Waals surface area (Å²) >= 11 is 8.08. The third kappa shape index (κ3) is 4.78. The topological polar surface area (TPSA) is 69.7 Å². The molecular weight excluding hydrogens is 454 g/mol. The second-order valence-corrected chi connectivity index (χ2v) is 11.2. The molecule has 166 valence electrons. The molecule has 31 heavy (non-hydrogen) atoms. The number of piperazine rings is 1. The van der Waals surface area contributed by atoms with E-state index in [4.69, 9.17) is 11.6 Å². The summed E-state index contributed by atoms with van der Waals surface area (Å²) in [6, 6.07) is 12.3. The standard InChI is InChI=1S/C22H26ClN3O3S2/c1-2-25-10-12-26(13-11-25)31(28,29)16-7-8-19(23)18(15-16)22(27)24-20-9-14-30-21-6-4-3-5-17(20)21/h3-8,15,20H,2,9-14H2,1H3,(H,24,27)/t20-/m0/s1. The molecule has 0 unspecified atom stereocenters. The molecule has 4 rings (SSSR count). The average Bonchev–Trinajstić information content (AvgIpc) is 2.79. The van der Waals surface area contributed by atoms with Crippen LogP contribution in [0.25, 0.3) is 0 Å². The maximum Gasteiger partial charge on any atom is 0.253 e. The first kappa shape index (κ1) is 22.6. The second kappa shape index (κ2) is 9.50. The fraction of sp³-hybridized carbons (Fsp3) is 0.409. The van der Waals surface area contributed by atoms with Crippen LogP contribution in [0.4, 0.5) is 0 Å². The van der Waals surface area contributed by atoms with Crippen molar-refractivity contribution in [1.82, 2.24) is 14.5 Å². The number of amides is 1. The summed E-state index contributed by atoms with van der Waals surface area (Å²) in [5.74, 6) is 0.554. The Morgan fingerprint density at radius 1 is 1.16 bits per heavy atom. The Kier molecular flexibility index (Phi) is 6.93. The highest BCUT2D eigenvalue weighted by atomic mass is 35.5. The zero-order valence-corrected chi connectivity index (χ0v) is 19.8. The molecule has 1 amide bonds. The molecule has 1 fully saturated rings. The Morgan fingerprint density at radius 2 is 1.90 bits per heavy atom. The zero-order valence-electron chi connectivity index (χ0n) is 17.4. The van der Waals surface area contributed by atoms with Gasteiger partial charge in [-0.2, -0.15) is 4.31 Å². The molecule has 2 aliphatic rings. The monoisotopic (exact) mass is 479 g/mol. The van der Waals surface area contributed by atoms with Crippen molar-refractivity contribution in [1.29, 1.82) is 0 Å². The lowest BCUT2D eigenvalue weighted by Crippen LogP contribution is -2.48. The van der Waals surface area contributed by atoms with E-state index in [9.17, 15) is 13.2 Å². The normalized spacial score (nSPS) is 20.3. The third-order valence-corrected chi connectivity index (χ3v) is 9.21. The van der Waals surface area contributed by atoms with E-state index in [1.54, 1.807) is 11.8 Å². The van der Waals surface area contributed by atoms with Gasteiger partial charge in [-0.25, -0.2) is 8.42 Å². The molecule has 0 aliphatic carbocycles. The Morgan fingerprint density at radius 3 is 2.65 bits per heavy atom. The maximum absolute atomic E-state index is 13.2. The summed E-state index contributed by atoms with van der Waals surface area (Å²) in [6.07, 6.45) is 0.810. The van der Waals surface area contributed by atoms with E-state index in [1.807, 2.05) is 18.2 Å². The number of rotatable bonds is 5. The minimum absolute atomic E-state index is 0.103. The number of sulfonamides is 1. The lowest BCUT2D eigenvalue weighted by molar-refractivity contribution is 0.0935. The van der Waals surface area contributed by atoms with Gasteiger partial charge in [-0.05, 0) is 42.8 Å². The van der Waals surface area contributed by atoms with Crippen molar-refractivity contribution >= 4 is 39.3 Å². The van der Waals surface area contributed by atoms with Gasteiger partial charge in [0.25, 0.3) is 5.91 Å². The molecule has 0 radical (unpaired) electrons. The molecular formula is C22H26ClN3O3S2. The molecule has 2 aromatic rings. The minimum Gasteiger partial charge on any atom is -0.345 e. The highest BCUT2D eigenvalue weighted by molar-refractivity contribution is 7.99. The Bertz CT molecular complexity index is 1070. The molecule has 2 aliphatic heterocycles. The number of likely N-dealkylation sites (N-methyl/N-ethyl adjacent to an activating group) is 1. The van der Waals surface area contributed by atoms with Crippen molar-refractivity contribution in [3.8, 4) is 0 Å². The van der Waals surface area contributed by atoms with Gasteiger partial charge in [-0.15, -0.1) is 11.8 Å². The van der Waals surface area contributed by atoms with Gasteiger partial charge in [0.2, 0.25) is 10.0 Å². The molecule has 0 saturated carbocycles. The number of thioether (sulfide) groups is 1. The van der Waals surface area contributed by atoms with Crippen LogP contribution >= 0.6 is 23.4 Å². The van der Waals surface area contributed by atoms with Gasteiger partial charge < -0.3 is 10.2 Å². The first-order valence-electron chi connectivity index (χ1n) is 10.4. The van der Waals surface area contributed by atoms with Gasteiger partial charge in [0, 0.05) is 36.8 Å². The summed E-state index contributed by atoms with van der Waals surface area (Å²) in [6.45, 7) is 5.26. The van der Waals surface area contributed by atoms with E-state index < -0.39 is 10.0 Å². The average molecular weight is 480 g/mol. The predicted molar refractivity (Wildman–Crippen MR) is 124 cm³/mol. The van der Waals surface area contributed by atoms with E-state index in [1.165, 1.54) is 22.5 Å². The number of carbonyl (C=O) groups excluding carboxylic acids is 1. The van der Waals surface area contributed by atoms with E-state index in [2.05, 4.69) is 23.2 Å². The third-order valence-electron chi connectivity index (χ3n) is 5.86. The van der Waals surface area contributed by atoms with Crippen LogP contribution in [0.5, 0.6) is 0 Å². The van der Waals surface area contributed by atoms with Gasteiger partial charge in [0.15, 0.2) is 0 Å². The number of hydrogen-bond donors (Lipinski definition) is 1. The number of benzene rings is 2. The predicted octanol–water partition coefficient (Wildman–Crippen LogP) is 3.63. The lowest BCUT2D eigenvalue weighted by atomic mass is 10.0. The van der Waals surface area contributed by atoms with Crippen molar-refractivity contribution in [2.45, 2.75) is 29.2 Å². The fourth-order valence-electron chi connectivity index (χ4n) is 4.00. The van der Waals surface area contributed by atoms with Crippen molar-refractivity contribution in [3.63, 3.8) is 0 Å². The molecule has 6 nitrogen and oxygen atoms in total. The number of carbonyl (C=O) groups is 1. The Hall–Kier alpha value is -1.58. The quantitative estimate of drug-likeness (QED) is 0.709. The van der Waals surface area contributed by atoms with E-state index in [-0.39, 0.29) is 27.4 Å². The molecule has 1 N–H and O–H groups in total. The van der Waals surface area contributed by atoms with E-state index in [0.29, 0.717) is 26.2 Å². The maximum atomic E-state index is 13.2. The van der Waals surface area contributed by atoms with Crippen LogP contribution in [0.2, 0.25) is 5.02 Å². The summed E-state index contributed by atoms with van der Waals surface area (Å²) < 4.78 is 27.8. The van der Waals surface area contributed by atoms with E-state index in [0.717, 1.165) is 29.2 Å². The van der Waals surface area contributed by atoms with Crippen molar-refractivity contribution < 1.29 is 13.2 Å². The number of nitrogens with zero attached hydrogens (tertiary/aromatic N) is 2. The van der Waals surface area contributed by atoms with Crippen molar-refractivity contribution in [2.24, 2.45) is 0 Å². The number of nitrogens with one attached hydrogen (secondary N) is 1. The van der Waals surface area contributed by atoms with Crippen LogP contribution < -0.4 is 5.32 Å². The molecule has 9 heteroatoms. The second-order valence-electron chi connectivity index (χ2n) is 7.68. The van der Waals surface area contributed by atoms with Gasteiger partial charge in [-0.1, -0.05) is 36.7 Å². The first-order chi connectivity index (χ1) is 14.9. The van der Waals surface area contributed by atoms with Crippen molar-refractivity contribution in [3.05, 3.63) is 58.6 Å². The van der Waals surface area contributed by atoms with Crippen LogP contribution in [-0.2, 0) is 10.0 Å². The van der Waals surface area contributed by atoms with Crippen molar-refractivity contribution in [2.75, 3.05) is 38.5 Å². The smallest absolute Gasteiger partial charge is 0.253 e. The van der Waals surface area contributed by atoms with Crippen LogP contribution in [0.3, 0.4) is 0 Å². The zero-order chi connectivity index (χ0) is 22.0. The molecule has 0 spiro atoms. The fourth-order valence-corrected chi connectivity index (χ4v) is 6.78. The summed E-state index contributed by atoms with van der Waals surface area (Å²) in [5.41, 5.74) is 1.27. The van der Waals surface area contributed by atoms with Gasteiger partial charge in [0.05, 0.1) is 21.5 Å². The number of fused-ring (bicyclic) bond motifs is 1. The van der Waals surface area contributed by atoms with Gasteiger partial charge >= 0.3 is 0 Å². The Labute approximate surface area is 193 Å². The molecule has 0 bridgehead atoms. The molecule has 0 aromatic heterocycles. The van der Waals surface area contributed by atoms with Crippen LogP contribution in [0.1, 0.15) is 35.3 Å². The van der Waals surface area contributed by atoms with E-state index >= 15 is 0 Å². The Balaban J connectivity index is 1.55. The molecule has 2 heterocycles. The first-order valence-corrected chi connectivity index (χ1v) is 13.2. The number of hydrogen-bond acceptors (Lipinski definition) is 5. The largest absolute Gasteiger partial charge is 0.345 e. The minimum atomic E-state index is -3.68. The highest BCUT2D eigenvalue weighted by Gasteiger charge is 2.30. The molecule has 1 saturated heterocycles. The van der Waals surface area contributed by atoms with Gasteiger partial charge in [0.1, 0.15) is 0 Å². The SMILES string of the molecule is CCN1CCN(S(=O)(=O)c2ccc(Cl)c(C(=O)N[C@H]3CCSc4ccccc43)c2)CC1.